The van der Waals surface area contributed by atoms with Gasteiger partial charge in [-0.05, 0) is 18.2 Å². The maximum absolute atomic E-state index is 10.9. The van der Waals surface area contributed by atoms with E-state index in [1.165, 1.54) is 12.1 Å². The summed E-state index contributed by atoms with van der Waals surface area (Å²) in [7, 11) is 0. The Bertz CT molecular complexity index is 468. The van der Waals surface area contributed by atoms with Crippen LogP contribution in [-0.2, 0) is 9.53 Å². The molecule has 5 heteroatoms. The second-order valence-corrected chi connectivity index (χ2v) is 4.20. The summed E-state index contributed by atoms with van der Waals surface area (Å²) in [4.78, 5) is 10.9. The van der Waals surface area contributed by atoms with Gasteiger partial charge in [-0.2, -0.15) is 0 Å². The van der Waals surface area contributed by atoms with E-state index in [0.717, 1.165) is 0 Å². The van der Waals surface area contributed by atoms with Crippen molar-refractivity contribution in [3.05, 3.63) is 45.6 Å². The molecule has 84 valence electrons. The minimum Gasteiger partial charge on any atom is -0.428 e. The van der Waals surface area contributed by atoms with Crippen LogP contribution < -0.4 is 0 Å². The Morgan fingerprint density at radius 3 is 2.69 bits per heavy atom. The number of aliphatic hydroxyl groups is 1. The van der Waals surface area contributed by atoms with Crippen LogP contribution in [0.1, 0.15) is 18.1 Å². The molecule has 2 rings (SSSR count). The van der Waals surface area contributed by atoms with Crippen molar-refractivity contribution in [2.24, 2.45) is 0 Å². The van der Waals surface area contributed by atoms with Gasteiger partial charge in [0.15, 0.2) is 0 Å². The van der Waals surface area contributed by atoms with E-state index < -0.39 is 6.10 Å². The molecule has 1 aliphatic heterocycles. The molecule has 0 spiro atoms. The molecule has 0 aliphatic carbocycles. The molecular weight excluding hydrogens is 251 g/mol. The summed E-state index contributed by atoms with van der Waals surface area (Å²) in [5.74, 6) is -0.159. The fourth-order valence-corrected chi connectivity index (χ4v) is 1.95. The van der Waals surface area contributed by atoms with Crippen LogP contribution in [0.15, 0.2) is 30.0 Å². The van der Waals surface area contributed by atoms with Crippen molar-refractivity contribution in [1.29, 1.82) is 0 Å². The minimum absolute atomic E-state index is 0.178. The number of hydrogen-bond acceptors (Lipinski definition) is 3. The maximum Gasteiger partial charge on any atom is 0.314 e. The molecule has 0 fully saturated rings. The maximum atomic E-state index is 10.9. The van der Waals surface area contributed by atoms with Gasteiger partial charge in [-0.25, -0.2) is 0 Å². The van der Waals surface area contributed by atoms with Gasteiger partial charge in [0, 0.05) is 15.6 Å². The summed E-state index contributed by atoms with van der Waals surface area (Å²) in [5, 5.41) is 10.8. The summed E-state index contributed by atoms with van der Waals surface area (Å²) in [6.45, 7) is 0. The molecule has 1 atom stereocenters. The average molecular weight is 259 g/mol. The second kappa shape index (κ2) is 4.45. The van der Waals surface area contributed by atoms with Gasteiger partial charge >= 0.3 is 5.97 Å². The molecule has 0 radical (unpaired) electrons. The summed E-state index contributed by atoms with van der Waals surface area (Å²) >= 11 is 11.7. The molecule has 1 unspecified atom stereocenters. The van der Waals surface area contributed by atoms with Gasteiger partial charge in [0.1, 0.15) is 11.9 Å². The van der Waals surface area contributed by atoms with Gasteiger partial charge in [0.05, 0.1) is 6.42 Å². The lowest BCUT2D eigenvalue weighted by Gasteiger charge is -2.13. The quantitative estimate of drug-likeness (QED) is 0.830. The Morgan fingerprint density at radius 1 is 1.38 bits per heavy atom. The third-order valence-corrected chi connectivity index (χ3v) is 2.79. The molecule has 1 aromatic rings. The predicted molar refractivity (Wildman–Crippen MR) is 60.2 cm³/mol. The molecule has 0 aromatic heterocycles. The van der Waals surface area contributed by atoms with E-state index in [4.69, 9.17) is 27.9 Å². The SMILES string of the molecule is O=C1CC=C(C(O)c2ccc(Cl)cc2Cl)O1. The predicted octanol–water partition coefficient (Wildman–Crippen LogP) is 2.86. The zero-order chi connectivity index (χ0) is 11.7. The molecular formula is C11H8Cl2O3. The Balaban J connectivity index is 2.27. The first-order valence-electron chi connectivity index (χ1n) is 4.61. The van der Waals surface area contributed by atoms with Crippen molar-refractivity contribution in [3.63, 3.8) is 0 Å². The molecule has 1 aromatic carbocycles. The second-order valence-electron chi connectivity index (χ2n) is 3.35. The van der Waals surface area contributed by atoms with Crippen molar-refractivity contribution in [1.82, 2.24) is 0 Å². The topological polar surface area (TPSA) is 46.5 Å². The normalized spacial score (nSPS) is 16.9. The van der Waals surface area contributed by atoms with Crippen molar-refractivity contribution in [3.8, 4) is 0 Å². The molecule has 0 saturated heterocycles. The smallest absolute Gasteiger partial charge is 0.314 e. The number of esters is 1. The summed E-state index contributed by atoms with van der Waals surface area (Å²) in [6, 6.07) is 4.74. The molecule has 0 amide bonds. The van der Waals surface area contributed by atoms with Crippen LogP contribution in [-0.4, -0.2) is 11.1 Å². The Hall–Kier alpha value is -1.03. The van der Waals surface area contributed by atoms with Crippen molar-refractivity contribution >= 4 is 29.2 Å². The summed E-state index contributed by atoms with van der Waals surface area (Å²) in [6.07, 6.45) is 0.687. The highest BCUT2D eigenvalue weighted by molar-refractivity contribution is 6.35. The number of benzene rings is 1. The number of ether oxygens (including phenoxy) is 1. The highest BCUT2D eigenvalue weighted by Gasteiger charge is 2.24. The van der Waals surface area contributed by atoms with Crippen LogP contribution in [0.5, 0.6) is 0 Å². The molecule has 1 heterocycles. The number of cyclic esters (lactones) is 1. The first kappa shape index (κ1) is 11.5. The van der Waals surface area contributed by atoms with Gasteiger partial charge in [0.2, 0.25) is 0 Å². The Morgan fingerprint density at radius 2 is 2.12 bits per heavy atom. The summed E-state index contributed by atoms with van der Waals surface area (Å²) < 4.78 is 4.84. The lowest BCUT2D eigenvalue weighted by Crippen LogP contribution is -2.04. The average Bonchev–Trinajstić information content (AvgIpc) is 2.64. The van der Waals surface area contributed by atoms with E-state index in [9.17, 15) is 9.90 Å². The lowest BCUT2D eigenvalue weighted by atomic mass is 10.1. The molecule has 0 bridgehead atoms. The van der Waals surface area contributed by atoms with Gasteiger partial charge in [0.25, 0.3) is 0 Å². The van der Waals surface area contributed by atoms with Gasteiger partial charge in [-0.1, -0.05) is 29.3 Å². The fourth-order valence-electron chi connectivity index (χ4n) is 1.44. The zero-order valence-electron chi connectivity index (χ0n) is 8.11. The van der Waals surface area contributed by atoms with Crippen LogP contribution in [0.3, 0.4) is 0 Å². The van der Waals surface area contributed by atoms with Crippen LogP contribution in [0.4, 0.5) is 0 Å². The van der Waals surface area contributed by atoms with Crippen molar-refractivity contribution < 1.29 is 14.6 Å². The number of rotatable bonds is 2. The minimum atomic E-state index is -1.03. The first-order valence-corrected chi connectivity index (χ1v) is 5.37. The third kappa shape index (κ3) is 2.21. The monoisotopic (exact) mass is 258 g/mol. The number of aliphatic hydroxyl groups excluding tert-OH is 1. The largest absolute Gasteiger partial charge is 0.428 e. The van der Waals surface area contributed by atoms with Crippen LogP contribution in [0.25, 0.3) is 0 Å². The molecule has 16 heavy (non-hydrogen) atoms. The van der Waals surface area contributed by atoms with E-state index in [-0.39, 0.29) is 18.1 Å². The Labute approximate surface area is 102 Å². The van der Waals surface area contributed by atoms with E-state index in [2.05, 4.69) is 0 Å². The molecule has 3 nitrogen and oxygen atoms in total. The highest BCUT2D eigenvalue weighted by atomic mass is 35.5. The van der Waals surface area contributed by atoms with Crippen LogP contribution >= 0.6 is 23.2 Å². The molecule has 1 aliphatic rings. The van der Waals surface area contributed by atoms with Crippen LogP contribution in [0, 0.1) is 0 Å². The number of carbonyl (C=O) groups excluding carboxylic acids is 1. The Kier molecular flexibility index (Phi) is 3.19. The first-order chi connectivity index (χ1) is 7.58. The fraction of sp³-hybridized carbons (Fsp3) is 0.182. The third-order valence-electron chi connectivity index (χ3n) is 2.23. The van der Waals surface area contributed by atoms with Crippen molar-refractivity contribution in [2.75, 3.05) is 0 Å². The van der Waals surface area contributed by atoms with E-state index >= 15 is 0 Å². The lowest BCUT2D eigenvalue weighted by molar-refractivity contribution is -0.137. The van der Waals surface area contributed by atoms with E-state index in [0.29, 0.717) is 15.6 Å². The molecule has 1 N–H and O–H groups in total. The number of hydrogen-bond donors (Lipinski definition) is 1. The van der Waals surface area contributed by atoms with Gasteiger partial charge in [-0.15, -0.1) is 0 Å². The summed E-state index contributed by atoms with van der Waals surface area (Å²) in [5.41, 5.74) is 0.465. The van der Waals surface area contributed by atoms with Gasteiger partial charge < -0.3 is 9.84 Å². The van der Waals surface area contributed by atoms with Crippen LogP contribution in [0.2, 0.25) is 10.0 Å². The van der Waals surface area contributed by atoms with E-state index in [1.807, 2.05) is 0 Å². The molecule has 0 saturated carbocycles. The number of halogens is 2. The van der Waals surface area contributed by atoms with E-state index in [1.54, 1.807) is 12.1 Å². The highest BCUT2D eigenvalue weighted by Crippen LogP contribution is 2.32. The standard InChI is InChI=1S/C11H8Cl2O3/c12-6-1-2-7(8(13)5-6)11(15)9-3-4-10(14)16-9/h1-3,5,11,15H,4H2. The number of carbonyl (C=O) groups is 1. The van der Waals surface area contributed by atoms with Gasteiger partial charge in [-0.3, -0.25) is 4.79 Å². The zero-order valence-corrected chi connectivity index (χ0v) is 9.63. The van der Waals surface area contributed by atoms with Crippen molar-refractivity contribution in [2.45, 2.75) is 12.5 Å².